The molecule has 3 N–H and O–H groups in total. The number of carboxylic acid groups (broad SMARTS) is 1. The Morgan fingerprint density at radius 1 is 1.64 bits per heavy atom. The Bertz CT molecular complexity index is 257. The molecule has 0 saturated heterocycles. The Balaban J connectivity index is 2.51. The van der Waals surface area contributed by atoms with Crippen LogP contribution in [0.2, 0.25) is 0 Å². The van der Waals surface area contributed by atoms with Crippen LogP contribution in [-0.2, 0) is 11.2 Å². The molecule has 1 aromatic heterocycles. The third-order valence-electron chi connectivity index (χ3n) is 1.38. The van der Waals surface area contributed by atoms with Gasteiger partial charge in [-0.25, -0.2) is 0 Å². The van der Waals surface area contributed by atoms with Crippen molar-refractivity contribution in [3.8, 4) is 0 Å². The Morgan fingerprint density at radius 3 is 2.82 bits per heavy atom. The molecule has 11 heavy (non-hydrogen) atoms. The Kier molecular flexibility index (Phi) is 2.48. The van der Waals surface area contributed by atoms with Gasteiger partial charge in [-0.05, 0) is 17.4 Å². The van der Waals surface area contributed by atoms with Crippen molar-refractivity contribution in [2.24, 2.45) is 0 Å². The highest BCUT2D eigenvalue weighted by Gasteiger charge is 2.02. The minimum atomic E-state index is -0.782. The molecule has 1 aromatic rings. The van der Waals surface area contributed by atoms with Gasteiger partial charge in [0.1, 0.15) is 0 Å². The lowest BCUT2D eigenvalue weighted by atomic mass is 10.2. The highest BCUT2D eigenvalue weighted by Crippen LogP contribution is 2.18. The molecule has 0 spiro atoms. The third-order valence-corrected chi connectivity index (χ3v) is 2.19. The molecule has 0 saturated carbocycles. The van der Waals surface area contributed by atoms with Crippen LogP contribution >= 0.6 is 11.3 Å². The molecule has 0 fully saturated rings. The van der Waals surface area contributed by atoms with E-state index in [1.807, 2.05) is 10.8 Å². The fourth-order valence-electron chi connectivity index (χ4n) is 0.778. The highest BCUT2D eigenvalue weighted by molar-refractivity contribution is 7.08. The molecule has 3 nitrogen and oxygen atoms in total. The first-order valence-corrected chi connectivity index (χ1v) is 4.17. The normalized spacial score (nSPS) is 9.82. The first kappa shape index (κ1) is 8.07. The number of nitrogen functional groups attached to an aromatic ring is 1. The Labute approximate surface area is 68.5 Å². The summed E-state index contributed by atoms with van der Waals surface area (Å²) in [7, 11) is 0. The van der Waals surface area contributed by atoms with E-state index in [4.69, 9.17) is 10.8 Å². The summed E-state index contributed by atoms with van der Waals surface area (Å²) in [5.74, 6) is -0.782. The van der Waals surface area contributed by atoms with Crippen LogP contribution in [0.15, 0.2) is 10.8 Å². The second-order valence-electron chi connectivity index (χ2n) is 2.25. The second-order valence-corrected chi connectivity index (χ2v) is 2.99. The molecule has 1 heterocycles. The van der Waals surface area contributed by atoms with Gasteiger partial charge in [0.25, 0.3) is 0 Å². The predicted octanol–water partition coefficient (Wildman–Crippen LogP) is 1.35. The molecule has 4 heteroatoms. The van der Waals surface area contributed by atoms with Gasteiger partial charge >= 0.3 is 5.97 Å². The summed E-state index contributed by atoms with van der Waals surface area (Å²) in [4.78, 5) is 10.2. The van der Waals surface area contributed by atoms with Crippen molar-refractivity contribution in [1.82, 2.24) is 0 Å². The number of aryl methyl sites for hydroxylation is 1. The van der Waals surface area contributed by atoms with Crippen LogP contribution in [-0.4, -0.2) is 11.1 Å². The van der Waals surface area contributed by atoms with Gasteiger partial charge in [0.05, 0.1) is 0 Å². The minimum Gasteiger partial charge on any atom is -0.481 e. The predicted molar refractivity (Wildman–Crippen MR) is 44.7 cm³/mol. The molecule has 0 aliphatic carbocycles. The van der Waals surface area contributed by atoms with E-state index < -0.39 is 5.97 Å². The van der Waals surface area contributed by atoms with E-state index >= 15 is 0 Å². The van der Waals surface area contributed by atoms with E-state index in [1.165, 1.54) is 11.3 Å². The summed E-state index contributed by atoms with van der Waals surface area (Å²) in [6.07, 6.45) is 0.686. The van der Waals surface area contributed by atoms with Crippen molar-refractivity contribution in [3.63, 3.8) is 0 Å². The van der Waals surface area contributed by atoms with Gasteiger partial charge in [-0.2, -0.15) is 0 Å². The largest absolute Gasteiger partial charge is 0.481 e. The molecule has 0 atom stereocenters. The van der Waals surface area contributed by atoms with Crippen molar-refractivity contribution in [2.45, 2.75) is 12.8 Å². The van der Waals surface area contributed by atoms with Crippen LogP contribution in [0.25, 0.3) is 0 Å². The lowest BCUT2D eigenvalue weighted by molar-refractivity contribution is -0.136. The number of hydrogen-bond donors (Lipinski definition) is 2. The molecule has 0 aliphatic rings. The third kappa shape index (κ3) is 2.23. The van der Waals surface area contributed by atoms with E-state index in [1.54, 1.807) is 0 Å². The van der Waals surface area contributed by atoms with Gasteiger partial charge in [0.15, 0.2) is 0 Å². The summed E-state index contributed by atoms with van der Waals surface area (Å²) in [6.45, 7) is 0. The molecule has 0 aliphatic heterocycles. The maximum atomic E-state index is 10.2. The summed E-state index contributed by atoms with van der Waals surface area (Å²) in [5.41, 5.74) is 7.19. The maximum Gasteiger partial charge on any atom is 0.303 e. The number of nitrogens with two attached hydrogens (primary N) is 1. The second kappa shape index (κ2) is 3.39. The summed E-state index contributed by atoms with van der Waals surface area (Å²) in [5, 5.41) is 12.1. The fourth-order valence-corrected chi connectivity index (χ4v) is 1.56. The van der Waals surface area contributed by atoms with Crippen molar-refractivity contribution in [3.05, 3.63) is 16.3 Å². The van der Waals surface area contributed by atoms with Crippen LogP contribution in [0.1, 0.15) is 12.0 Å². The molecule has 0 bridgehead atoms. The quantitative estimate of drug-likeness (QED) is 0.721. The summed E-state index contributed by atoms with van der Waals surface area (Å²) in [6, 6.07) is 0. The molecule has 0 amide bonds. The zero-order valence-corrected chi connectivity index (χ0v) is 6.73. The number of thiophene rings is 1. The molecular formula is C7H9NO2S. The SMILES string of the molecule is Nc1cscc1CCC(=O)O. The number of carboxylic acids is 1. The smallest absolute Gasteiger partial charge is 0.303 e. The monoisotopic (exact) mass is 171 g/mol. The van der Waals surface area contributed by atoms with Crippen LogP contribution < -0.4 is 5.73 Å². The van der Waals surface area contributed by atoms with Gasteiger partial charge < -0.3 is 10.8 Å². The lowest BCUT2D eigenvalue weighted by Crippen LogP contribution is -1.98. The molecule has 0 radical (unpaired) electrons. The number of rotatable bonds is 3. The van der Waals surface area contributed by atoms with Crippen LogP contribution in [0.3, 0.4) is 0 Å². The Morgan fingerprint density at radius 2 is 2.36 bits per heavy atom. The average molecular weight is 171 g/mol. The Hall–Kier alpha value is -1.03. The van der Waals surface area contributed by atoms with Gasteiger partial charge in [0, 0.05) is 17.5 Å². The average Bonchev–Trinajstić information content (AvgIpc) is 2.31. The van der Waals surface area contributed by atoms with Crippen molar-refractivity contribution in [1.29, 1.82) is 0 Å². The summed E-state index contributed by atoms with van der Waals surface area (Å²) >= 11 is 1.50. The fraction of sp³-hybridized carbons (Fsp3) is 0.286. The maximum absolute atomic E-state index is 10.2. The van der Waals surface area contributed by atoms with Crippen LogP contribution in [0, 0.1) is 0 Å². The topological polar surface area (TPSA) is 63.3 Å². The van der Waals surface area contributed by atoms with Crippen LogP contribution in [0.4, 0.5) is 5.69 Å². The highest BCUT2D eigenvalue weighted by atomic mass is 32.1. The van der Waals surface area contributed by atoms with Crippen molar-refractivity contribution >= 4 is 23.0 Å². The minimum absolute atomic E-state index is 0.154. The van der Waals surface area contributed by atoms with E-state index in [9.17, 15) is 4.79 Å². The van der Waals surface area contributed by atoms with Crippen molar-refractivity contribution < 1.29 is 9.90 Å². The van der Waals surface area contributed by atoms with Crippen LogP contribution in [0.5, 0.6) is 0 Å². The standard InChI is InChI=1S/C7H9NO2S/c8-6-4-11-3-5(6)1-2-7(9)10/h3-4H,1-2,8H2,(H,9,10). The van der Waals surface area contributed by atoms with Gasteiger partial charge in [0.2, 0.25) is 0 Å². The zero-order valence-electron chi connectivity index (χ0n) is 5.91. The first-order valence-electron chi connectivity index (χ1n) is 3.22. The summed E-state index contributed by atoms with van der Waals surface area (Å²) < 4.78 is 0. The molecule has 0 unspecified atom stereocenters. The molecule has 0 aromatic carbocycles. The van der Waals surface area contributed by atoms with Crippen molar-refractivity contribution in [2.75, 3.05) is 5.73 Å². The number of aliphatic carboxylic acids is 1. The zero-order chi connectivity index (χ0) is 8.27. The number of hydrogen-bond acceptors (Lipinski definition) is 3. The number of carbonyl (C=O) groups is 1. The van der Waals surface area contributed by atoms with E-state index in [-0.39, 0.29) is 6.42 Å². The van der Waals surface area contributed by atoms with E-state index in [0.29, 0.717) is 12.1 Å². The molecule has 60 valence electrons. The molecular weight excluding hydrogens is 162 g/mol. The van der Waals surface area contributed by atoms with Gasteiger partial charge in [-0.1, -0.05) is 0 Å². The molecule has 1 rings (SSSR count). The van der Waals surface area contributed by atoms with Gasteiger partial charge in [-0.15, -0.1) is 11.3 Å². The lowest BCUT2D eigenvalue weighted by Gasteiger charge is -1.94. The van der Waals surface area contributed by atoms with Gasteiger partial charge in [-0.3, -0.25) is 4.79 Å². The first-order chi connectivity index (χ1) is 5.20. The van der Waals surface area contributed by atoms with E-state index in [2.05, 4.69) is 0 Å². The van der Waals surface area contributed by atoms with E-state index in [0.717, 1.165) is 5.56 Å². The number of anilines is 1.